The molecule has 2 aromatic rings. The van der Waals surface area contributed by atoms with Crippen molar-refractivity contribution in [3.8, 4) is 0 Å². The molecule has 1 amide bonds. The fourth-order valence-electron chi connectivity index (χ4n) is 1.25. The van der Waals surface area contributed by atoms with E-state index < -0.39 is 0 Å². The summed E-state index contributed by atoms with van der Waals surface area (Å²) in [7, 11) is 0. The number of hydrogen-bond donors (Lipinski definition) is 2. The maximum atomic E-state index is 11.7. The van der Waals surface area contributed by atoms with Gasteiger partial charge >= 0.3 is 0 Å². The highest BCUT2D eigenvalue weighted by atomic mass is 32.1. The Morgan fingerprint density at radius 2 is 2.31 bits per heavy atom. The Balaban J connectivity index is 1.98. The molecule has 0 aliphatic heterocycles. The summed E-state index contributed by atoms with van der Waals surface area (Å²) in [6, 6.07) is 8.75. The standard InChI is InChI=1S/C11H10N2O2S/c14-11(8-2-1-3-10(16)6-8)12-7-9-4-5-15-13-9/h1-6,16H,7H2,(H,12,14). The van der Waals surface area contributed by atoms with Crippen molar-refractivity contribution in [2.45, 2.75) is 11.4 Å². The van der Waals surface area contributed by atoms with Gasteiger partial charge in [0.05, 0.1) is 6.54 Å². The van der Waals surface area contributed by atoms with Gasteiger partial charge in [0.15, 0.2) is 0 Å². The first-order chi connectivity index (χ1) is 7.75. The minimum atomic E-state index is -0.154. The van der Waals surface area contributed by atoms with Crippen LogP contribution in [0.15, 0.2) is 46.0 Å². The second-order valence-electron chi connectivity index (χ2n) is 3.22. The van der Waals surface area contributed by atoms with Gasteiger partial charge in [-0.3, -0.25) is 4.79 Å². The molecular formula is C11H10N2O2S. The van der Waals surface area contributed by atoms with Crippen LogP contribution in [-0.2, 0) is 6.54 Å². The third kappa shape index (κ3) is 2.64. The molecule has 0 fully saturated rings. The molecule has 5 heteroatoms. The van der Waals surface area contributed by atoms with Crippen LogP contribution in [0.3, 0.4) is 0 Å². The van der Waals surface area contributed by atoms with Crippen molar-refractivity contribution < 1.29 is 9.32 Å². The average Bonchev–Trinajstić information content (AvgIpc) is 2.78. The number of nitrogens with one attached hydrogen (secondary N) is 1. The molecule has 82 valence electrons. The van der Waals surface area contributed by atoms with E-state index >= 15 is 0 Å². The number of benzene rings is 1. The third-order valence-corrected chi connectivity index (χ3v) is 2.31. The first kappa shape index (κ1) is 10.8. The Kier molecular flexibility index (Phi) is 3.26. The van der Waals surface area contributed by atoms with Crippen molar-refractivity contribution in [2.24, 2.45) is 0 Å². The lowest BCUT2D eigenvalue weighted by Crippen LogP contribution is -2.22. The van der Waals surface area contributed by atoms with Gasteiger partial charge in [-0.2, -0.15) is 0 Å². The predicted molar refractivity (Wildman–Crippen MR) is 61.4 cm³/mol. The van der Waals surface area contributed by atoms with Gasteiger partial charge in [0.25, 0.3) is 5.91 Å². The molecule has 0 unspecified atom stereocenters. The third-order valence-electron chi connectivity index (χ3n) is 2.03. The minimum Gasteiger partial charge on any atom is -0.364 e. The van der Waals surface area contributed by atoms with Gasteiger partial charge in [-0.05, 0) is 18.2 Å². The number of rotatable bonds is 3. The lowest BCUT2D eigenvalue weighted by atomic mass is 10.2. The topological polar surface area (TPSA) is 55.1 Å². The molecule has 2 rings (SSSR count). The molecule has 0 aliphatic rings. The summed E-state index contributed by atoms with van der Waals surface area (Å²) < 4.78 is 4.66. The largest absolute Gasteiger partial charge is 0.364 e. The Hall–Kier alpha value is -1.75. The summed E-state index contributed by atoms with van der Waals surface area (Å²) in [5.41, 5.74) is 1.27. The van der Waals surface area contributed by atoms with Crippen LogP contribution < -0.4 is 5.32 Å². The van der Waals surface area contributed by atoms with Crippen molar-refractivity contribution >= 4 is 18.5 Å². The number of aromatic nitrogens is 1. The van der Waals surface area contributed by atoms with E-state index in [2.05, 4.69) is 27.6 Å². The molecule has 1 aromatic carbocycles. The van der Waals surface area contributed by atoms with Crippen LogP contribution >= 0.6 is 12.6 Å². The van der Waals surface area contributed by atoms with Gasteiger partial charge in [-0.25, -0.2) is 0 Å². The molecule has 0 saturated carbocycles. The van der Waals surface area contributed by atoms with Gasteiger partial charge in [-0.15, -0.1) is 12.6 Å². The fraction of sp³-hybridized carbons (Fsp3) is 0.0909. The number of nitrogens with zero attached hydrogens (tertiary/aromatic N) is 1. The first-order valence-corrected chi connectivity index (χ1v) is 5.17. The monoisotopic (exact) mass is 234 g/mol. The molecule has 4 nitrogen and oxygen atoms in total. The van der Waals surface area contributed by atoms with Gasteiger partial charge in [0, 0.05) is 16.5 Å². The van der Waals surface area contributed by atoms with Crippen LogP contribution in [0.4, 0.5) is 0 Å². The van der Waals surface area contributed by atoms with E-state index in [1.807, 2.05) is 6.07 Å². The highest BCUT2D eigenvalue weighted by molar-refractivity contribution is 7.80. The van der Waals surface area contributed by atoms with Gasteiger partial charge in [-0.1, -0.05) is 11.2 Å². The molecule has 16 heavy (non-hydrogen) atoms. The summed E-state index contributed by atoms with van der Waals surface area (Å²) in [6.07, 6.45) is 1.47. The molecular weight excluding hydrogens is 224 g/mol. The van der Waals surface area contributed by atoms with E-state index in [-0.39, 0.29) is 5.91 Å². The zero-order valence-electron chi connectivity index (χ0n) is 8.38. The van der Waals surface area contributed by atoms with Crippen LogP contribution in [0, 0.1) is 0 Å². The molecule has 0 spiro atoms. The highest BCUT2D eigenvalue weighted by Crippen LogP contribution is 2.08. The van der Waals surface area contributed by atoms with Gasteiger partial charge in [0.2, 0.25) is 0 Å². The Labute approximate surface area is 98.1 Å². The van der Waals surface area contributed by atoms with Crippen LogP contribution in [0.5, 0.6) is 0 Å². The number of carbonyl (C=O) groups excluding carboxylic acids is 1. The lowest BCUT2D eigenvalue weighted by Gasteiger charge is -2.03. The molecule has 0 radical (unpaired) electrons. The smallest absolute Gasteiger partial charge is 0.251 e. The zero-order chi connectivity index (χ0) is 11.4. The number of hydrogen-bond acceptors (Lipinski definition) is 4. The number of thiol groups is 1. The molecule has 0 aliphatic carbocycles. The first-order valence-electron chi connectivity index (χ1n) is 4.72. The SMILES string of the molecule is O=C(NCc1ccon1)c1cccc(S)c1. The summed E-state index contributed by atoms with van der Waals surface area (Å²) in [6.45, 7) is 0.353. The molecule has 0 atom stereocenters. The quantitative estimate of drug-likeness (QED) is 0.797. The predicted octanol–water partition coefficient (Wildman–Crippen LogP) is 1.89. The molecule has 0 bridgehead atoms. The van der Waals surface area contributed by atoms with Crippen molar-refractivity contribution in [1.29, 1.82) is 0 Å². The van der Waals surface area contributed by atoms with Crippen LogP contribution in [0.1, 0.15) is 16.1 Å². The van der Waals surface area contributed by atoms with Crippen LogP contribution in [0.2, 0.25) is 0 Å². The summed E-state index contributed by atoms with van der Waals surface area (Å²) >= 11 is 4.17. The maximum absolute atomic E-state index is 11.7. The Morgan fingerprint density at radius 3 is 3.00 bits per heavy atom. The van der Waals surface area contributed by atoms with Gasteiger partial charge in [0.1, 0.15) is 12.0 Å². The molecule has 1 heterocycles. The lowest BCUT2D eigenvalue weighted by molar-refractivity contribution is 0.0950. The van der Waals surface area contributed by atoms with E-state index in [1.165, 1.54) is 6.26 Å². The van der Waals surface area contributed by atoms with Crippen LogP contribution in [0.25, 0.3) is 0 Å². The maximum Gasteiger partial charge on any atom is 0.251 e. The normalized spacial score (nSPS) is 10.1. The molecule has 0 saturated heterocycles. The summed E-state index contributed by atoms with van der Waals surface area (Å²) in [5.74, 6) is -0.154. The highest BCUT2D eigenvalue weighted by Gasteiger charge is 2.05. The second-order valence-corrected chi connectivity index (χ2v) is 3.74. The van der Waals surface area contributed by atoms with E-state index in [0.717, 1.165) is 4.90 Å². The average molecular weight is 234 g/mol. The van der Waals surface area contributed by atoms with Crippen molar-refractivity contribution in [3.05, 3.63) is 47.9 Å². The van der Waals surface area contributed by atoms with Crippen LogP contribution in [-0.4, -0.2) is 11.1 Å². The van der Waals surface area contributed by atoms with E-state index in [1.54, 1.807) is 24.3 Å². The van der Waals surface area contributed by atoms with Crippen molar-refractivity contribution in [1.82, 2.24) is 10.5 Å². The summed E-state index contributed by atoms with van der Waals surface area (Å²) in [4.78, 5) is 12.4. The Bertz CT molecular complexity index is 482. The van der Waals surface area contributed by atoms with Crippen molar-refractivity contribution in [3.63, 3.8) is 0 Å². The van der Waals surface area contributed by atoms with E-state index in [9.17, 15) is 4.79 Å². The minimum absolute atomic E-state index is 0.154. The summed E-state index contributed by atoms with van der Waals surface area (Å²) in [5, 5.41) is 6.43. The zero-order valence-corrected chi connectivity index (χ0v) is 9.28. The van der Waals surface area contributed by atoms with Crippen molar-refractivity contribution in [2.75, 3.05) is 0 Å². The molecule has 1 N–H and O–H groups in total. The Morgan fingerprint density at radius 1 is 1.44 bits per heavy atom. The molecule has 1 aromatic heterocycles. The number of amides is 1. The fourth-order valence-corrected chi connectivity index (χ4v) is 1.47. The second kappa shape index (κ2) is 4.85. The van der Waals surface area contributed by atoms with E-state index in [4.69, 9.17) is 0 Å². The van der Waals surface area contributed by atoms with E-state index in [0.29, 0.717) is 17.8 Å². The van der Waals surface area contributed by atoms with Gasteiger partial charge < -0.3 is 9.84 Å². The number of carbonyl (C=O) groups is 1.